The molecule has 1 aliphatic rings. The van der Waals surface area contributed by atoms with E-state index in [0.717, 1.165) is 16.6 Å². The summed E-state index contributed by atoms with van der Waals surface area (Å²) < 4.78 is 1.74. The van der Waals surface area contributed by atoms with Crippen LogP contribution in [0.5, 0.6) is 0 Å². The average Bonchev–Trinajstić information content (AvgIpc) is 2.75. The molecule has 3 amide bonds. The van der Waals surface area contributed by atoms with Crippen LogP contribution in [0.4, 0.5) is 10.6 Å². The second kappa shape index (κ2) is 4.79. The first kappa shape index (κ1) is 14.5. The molecule has 3 heterocycles. The molecule has 2 aromatic heterocycles. The van der Waals surface area contributed by atoms with Crippen molar-refractivity contribution in [2.45, 2.75) is 32.6 Å². The molecule has 0 atom stereocenters. The van der Waals surface area contributed by atoms with E-state index in [1.807, 2.05) is 13.1 Å². The van der Waals surface area contributed by atoms with Gasteiger partial charge in [-0.1, -0.05) is 20.8 Å². The predicted molar refractivity (Wildman–Crippen MR) is 82.7 cm³/mol. The summed E-state index contributed by atoms with van der Waals surface area (Å²) in [5, 5.41) is 7.56. The fourth-order valence-electron chi connectivity index (χ4n) is 2.51. The van der Waals surface area contributed by atoms with Gasteiger partial charge >= 0.3 is 6.03 Å². The fourth-order valence-corrected chi connectivity index (χ4v) is 2.51. The van der Waals surface area contributed by atoms with Gasteiger partial charge in [0.15, 0.2) is 5.82 Å². The largest absolute Gasteiger partial charge is 0.329 e. The van der Waals surface area contributed by atoms with Crippen LogP contribution in [0.2, 0.25) is 0 Å². The summed E-state index contributed by atoms with van der Waals surface area (Å²) >= 11 is 0. The third kappa shape index (κ3) is 2.32. The highest BCUT2D eigenvalue weighted by Gasteiger charge is 2.28. The van der Waals surface area contributed by atoms with E-state index in [9.17, 15) is 9.59 Å². The van der Waals surface area contributed by atoms with Gasteiger partial charge in [0.2, 0.25) is 5.91 Å². The highest BCUT2D eigenvalue weighted by Crippen LogP contribution is 2.29. The zero-order valence-corrected chi connectivity index (χ0v) is 13.2. The summed E-state index contributed by atoms with van der Waals surface area (Å²) in [6.45, 7) is 6.63. The van der Waals surface area contributed by atoms with Crippen molar-refractivity contribution in [1.29, 1.82) is 0 Å². The first-order valence-corrected chi connectivity index (χ1v) is 7.22. The van der Waals surface area contributed by atoms with E-state index in [4.69, 9.17) is 0 Å². The van der Waals surface area contributed by atoms with Crippen LogP contribution < -0.4 is 10.2 Å². The van der Waals surface area contributed by atoms with Gasteiger partial charge in [0, 0.05) is 37.3 Å². The number of hydrogen-bond donors (Lipinski definition) is 1. The molecule has 3 rings (SSSR count). The Morgan fingerprint density at radius 2 is 2.00 bits per heavy atom. The number of pyridine rings is 1. The number of nitrogens with zero attached hydrogens (tertiary/aromatic N) is 4. The molecule has 1 N–H and O–H groups in total. The van der Waals surface area contributed by atoms with E-state index < -0.39 is 6.03 Å². The van der Waals surface area contributed by atoms with Crippen LogP contribution in [-0.2, 0) is 17.3 Å². The quantitative estimate of drug-likeness (QED) is 0.869. The van der Waals surface area contributed by atoms with Crippen molar-refractivity contribution in [3.8, 4) is 0 Å². The molecule has 1 aliphatic heterocycles. The van der Waals surface area contributed by atoms with Crippen LogP contribution in [0, 0.1) is 0 Å². The van der Waals surface area contributed by atoms with Gasteiger partial charge in [0.25, 0.3) is 0 Å². The van der Waals surface area contributed by atoms with Gasteiger partial charge in [0.1, 0.15) is 0 Å². The van der Waals surface area contributed by atoms with Crippen molar-refractivity contribution in [1.82, 2.24) is 20.1 Å². The standard InChI is InChI=1S/C15H19N5O2/c1-15(2,3)11-7-10-9(8-16-11)13(18-19(10)4)20-6-5-12(21)17-14(20)22/h7-8H,5-6H2,1-4H3,(H,17,21,22). The summed E-state index contributed by atoms with van der Waals surface area (Å²) in [5.41, 5.74) is 1.82. The van der Waals surface area contributed by atoms with Gasteiger partial charge in [-0.25, -0.2) is 4.79 Å². The number of aromatic nitrogens is 3. The van der Waals surface area contributed by atoms with Crippen LogP contribution in [0.3, 0.4) is 0 Å². The number of anilines is 1. The number of carbonyl (C=O) groups is 2. The predicted octanol–water partition coefficient (Wildman–Crippen LogP) is 1.71. The Morgan fingerprint density at radius 3 is 2.64 bits per heavy atom. The van der Waals surface area contributed by atoms with Crippen LogP contribution >= 0.6 is 0 Å². The minimum atomic E-state index is -0.434. The lowest BCUT2D eigenvalue weighted by Gasteiger charge is -2.24. The van der Waals surface area contributed by atoms with E-state index in [1.165, 1.54) is 4.90 Å². The van der Waals surface area contributed by atoms with Gasteiger partial charge < -0.3 is 0 Å². The van der Waals surface area contributed by atoms with Gasteiger partial charge in [-0.15, -0.1) is 0 Å². The van der Waals surface area contributed by atoms with Crippen LogP contribution in [0.15, 0.2) is 12.3 Å². The number of urea groups is 1. The van der Waals surface area contributed by atoms with Crippen LogP contribution in [-0.4, -0.2) is 33.2 Å². The summed E-state index contributed by atoms with van der Waals surface area (Å²) in [7, 11) is 1.84. The first-order valence-electron chi connectivity index (χ1n) is 7.22. The molecule has 0 spiro atoms. The Kier molecular flexibility index (Phi) is 3.16. The van der Waals surface area contributed by atoms with E-state index in [-0.39, 0.29) is 17.7 Å². The lowest BCUT2D eigenvalue weighted by molar-refractivity contribution is -0.120. The van der Waals surface area contributed by atoms with Crippen molar-refractivity contribution in [3.05, 3.63) is 18.0 Å². The summed E-state index contributed by atoms with van der Waals surface area (Å²) in [5.74, 6) is 0.282. The Hall–Kier alpha value is -2.44. The smallest absolute Gasteiger partial charge is 0.278 e. The number of amides is 3. The summed E-state index contributed by atoms with van der Waals surface area (Å²) in [6.07, 6.45) is 2.03. The van der Waals surface area contributed by atoms with Crippen molar-refractivity contribution >= 4 is 28.7 Å². The normalized spacial score (nSPS) is 16.3. The molecular weight excluding hydrogens is 282 g/mol. The Morgan fingerprint density at radius 1 is 1.27 bits per heavy atom. The average molecular weight is 301 g/mol. The third-order valence-electron chi connectivity index (χ3n) is 3.79. The lowest BCUT2D eigenvalue weighted by Crippen LogP contribution is -2.49. The maximum absolute atomic E-state index is 12.0. The zero-order chi connectivity index (χ0) is 16.1. The molecule has 22 heavy (non-hydrogen) atoms. The molecule has 1 fully saturated rings. The minimum Gasteiger partial charge on any atom is -0.278 e. The highest BCUT2D eigenvalue weighted by atomic mass is 16.2. The van der Waals surface area contributed by atoms with Crippen molar-refractivity contribution in [2.75, 3.05) is 11.4 Å². The minimum absolute atomic E-state index is 0.0620. The van der Waals surface area contributed by atoms with E-state index >= 15 is 0 Å². The van der Waals surface area contributed by atoms with Crippen LogP contribution in [0.25, 0.3) is 10.9 Å². The SMILES string of the molecule is Cn1nc(N2CCC(=O)NC2=O)c2cnc(C(C)(C)C)cc21. The highest BCUT2D eigenvalue weighted by molar-refractivity contribution is 6.08. The number of fused-ring (bicyclic) bond motifs is 1. The Bertz CT molecular complexity index is 772. The van der Waals surface area contributed by atoms with E-state index in [0.29, 0.717) is 12.4 Å². The molecule has 0 aromatic carbocycles. The van der Waals surface area contributed by atoms with E-state index in [1.54, 1.807) is 10.9 Å². The lowest BCUT2D eigenvalue weighted by atomic mass is 9.91. The number of carbonyl (C=O) groups excluding carboxylic acids is 2. The molecular formula is C15H19N5O2. The fraction of sp³-hybridized carbons (Fsp3) is 0.467. The van der Waals surface area contributed by atoms with Crippen molar-refractivity contribution in [3.63, 3.8) is 0 Å². The molecule has 0 unspecified atom stereocenters. The summed E-state index contributed by atoms with van der Waals surface area (Å²) in [6, 6.07) is 1.56. The first-order chi connectivity index (χ1) is 10.3. The maximum atomic E-state index is 12.0. The zero-order valence-electron chi connectivity index (χ0n) is 13.2. The molecule has 0 radical (unpaired) electrons. The molecule has 2 aromatic rings. The monoisotopic (exact) mass is 301 g/mol. The number of aryl methyl sites for hydroxylation is 1. The maximum Gasteiger partial charge on any atom is 0.329 e. The molecule has 116 valence electrons. The van der Waals surface area contributed by atoms with Gasteiger partial charge in [-0.2, -0.15) is 5.10 Å². The van der Waals surface area contributed by atoms with Gasteiger partial charge in [-0.3, -0.25) is 24.7 Å². The number of imide groups is 1. The Labute approximate surface area is 128 Å². The second-order valence-corrected chi connectivity index (χ2v) is 6.54. The number of rotatable bonds is 1. The molecule has 0 bridgehead atoms. The van der Waals surface area contributed by atoms with Crippen molar-refractivity contribution < 1.29 is 9.59 Å². The molecule has 7 nitrogen and oxygen atoms in total. The molecule has 1 saturated heterocycles. The summed E-state index contributed by atoms with van der Waals surface area (Å²) in [4.78, 5) is 29.3. The molecule has 0 aliphatic carbocycles. The van der Waals surface area contributed by atoms with Gasteiger partial charge in [0.05, 0.1) is 10.9 Å². The topological polar surface area (TPSA) is 80.1 Å². The molecule has 7 heteroatoms. The van der Waals surface area contributed by atoms with Crippen molar-refractivity contribution in [2.24, 2.45) is 7.05 Å². The van der Waals surface area contributed by atoms with E-state index in [2.05, 4.69) is 36.2 Å². The van der Waals surface area contributed by atoms with Crippen LogP contribution in [0.1, 0.15) is 32.9 Å². The van der Waals surface area contributed by atoms with Gasteiger partial charge in [-0.05, 0) is 6.07 Å². The second-order valence-electron chi connectivity index (χ2n) is 6.54. The number of hydrogen-bond acceptors (Lipinski definition) is 4. The molecule has 0 saturated carbocycles. The number of nitrogens with one attached hydrogen (secondary N) is 1. The Balaban J connectivity index is 2.09. The third-order valence-corrected chi connectivity index (χ3v) is 3.79.